The van der Waals surface area contributed by atoms with Gasteiger partial charge in [-0.2, -0.15) is 0 Å². The minimum absolute atomic E-state index is 0.109. The minimum Gasteiger partial charge on any atom is -0.324 e. The highest BCUT2D eigenvalue weighted by Crippen LogP contribution is 2.37. The Morgan fingerprint density at radius 3 is 2.92 bits per heavy atom. The largest absolute Gasteiger partial charge is 0.324 e. The molecule has 1 aromatic heterocycles. The van der Waals surface area contributed by atoms with E-state index in [1.807, 2.05) is 0 Å². The van der Waals surface area contributed by atoms with Crippen LogP contribution in [0.1, 0.15) is 25.8 Å². The molecule has 0 radical (unpaired) electrons. The lowest BCUT2D eigenvalue weighted by molar-refractivity contribution is -0.384. The number of anilines is 1. The van der Waals surface area contributed by atoms with E-state index in [2.05, 4.69) is 20.8 Å². The molecule has 1 N–H and O–H groups in total. The van der Waals surface area contributed by atoms with Crippen LogP contribution in [0.4, 0.5) is 11.4 Å². The molecule has 11 heteroatoms. The lowest BCUT2D eigenvalue weighted by Gasteiger charge is -2.12. The number of nitrogens with one attached hydrogen (secondary N) is 1. The first-order valence-corrected chi connectivity index (χ1v) is 8.41. The SMILES string of the molecule is CC(Sc1nnnn1C1CC1)C(=O)Nc1ccc([N+](=O)[O-])cc1Cl. The summed E-state index contributed by atoms with van der Waals surface area (Å²) < 4.78 is 1.73. The van der Waals surface area contributed by atoms with Gasteiger partial charge in [0, 0.05) is 12.1 Å². The molecule has 1 aliphatic rings. The highest BCUT2D eigenvalue weighted by molar-refractivity contribution is 8.00. The number of hydrogen-bond donors (Lipinski definition) is 1. The lowest BCUT2D eigenvalue weighted by Crippen LogP contribution is -2.23. The van der Waals surface area contributed by atoms with Crippen LogP contribution in [-0.4, -0.2) is 36.3 Å². The number of aromatic nitrogens is 4. The van der Waals surface area contributed by atoms with Crippen LogP contribution in [0.3, 0.4) is 0 Å². The van der Waals surface area contributed by atoms with Crippen LogP contribution >= 0.6 is 23.4 Å². The maximum absolute atomic E-state index is 12.3. The lowest BCUT2D eigenvalue weighted by atomic mass is 10.2. The van der Waals surface area contributed by atoms with E-state index in [4.69, 9.17) is 11.6 Å². The van der Waals surface area contributed by atoms with Gasteiger partial charge in [0.15, 0.2) is 0 Å². The second kappa shape index (κ2) is 6.73. The van der Waals surface area contributed by atoms with Crippen LogP contribution in [0.25, 0.3) is 0 Å². The molecular weight excluding hydrogens is 356 g/mol. The molecule has 1 aliphatic carbocycles. The molecule has 1 heterocycles. The normalized spacial score (nSPS) is 15.1. The van der Waals surface area contributed by atoms with Crippen molar-refractivity contribution in [3.63, 3.8) is 0 Å². The van der Waals surface area contributed by atoms with Crippen LogP contribution < -0.4 is 5.32 Å². The summed E-state index contributed by atoms with van der Waals surface area (Å²) in [7, 11) is 0. The van der Waals surface area contributed by atoms with Gasteiger partial charge < -0.3 is 5.32 Å². The van der Waals surface area contributed by atoms with Crippen molar-refractivity contribution in [1.82, 2.24) is 20.2 Å². The second-order valence-electron chi connectivity index (χ2n) is 5.31. The molecule has 24 heavy (non-hydrogen) atoms. The minimum atomic E-state index is -0.548. The van der Waals surface area contributed by atoms with E-state index >= 15 is 0 Å². The zero-order valence-electron chi connectivity index (χ0n) is 12.5. The Labute approximate surface area is 145 Å². The van der Waals surface area contributed by atoms with Gasteiger partial charge in [-0.3, -0.25) is 14.9 Å². The molecule has 9 nitrogen and oxygen atoms in total. The van der Waals surface area contributed by atoms with E-state index in [0.717, 1.165) is 12.8 Å². The maximum atomic E-state index is 12.3. The Kier molecular flexibility index (Phi) is 4.67. The number of carbonyl (C=O) groups excluding carboxylic acids is 1. The summed E-state index contributed by atoms with van der Waals surface area (Å²) in [4.78, 5) is 22.5. The van der Waals surface area contributed by atoms with Gasteiger partial charge in [-0.15, -0.1) is 5.10 Å². The van der Waals surface area contributed by atoms with Gasteiger partial charge in [0.25, 0.3) is 5.69 Å². The first-order valence-electron chi connectivity index (χ1n) is 7.15. The Morgan fingerprint density at radius 1 is 1.54 bits per heavy atom. The van der Waals surface area contributed by atoms with Gasteiger partial charge in [0.1, 0.15) is 0 Å². The molecule has 0 saturated heterocycles. The van der Waals surface area contributed by atoms with Gasteiger partial charge in [-0.05, 0) is 36.3 Å². The first kappa shape index (κ1) is 16.7. The molecule has 126 valence electrons. The van der Waals surface area contributed by atoms with E-state index < -0.39 is 10.2 Å². The zero-order chi connectivity index (χ0) is 17.3. The third kappa shape index (κ3) is 3.65. The third-order valence-corrected chi connectivity index (χ3v) is 4.79. The average molecular weight is 369 g/mol. The summed E-state index contributed by atoms with van der Waals surface area (Å²) in [5.41, 5.74) is 0.186. The smallest absolute Gasteiger partial charge is 0.271 e. The third-order valence-electron chi connectivity index (χ3n) is 3.43. The van der Waals surface area contributed by atoms with Crippen molar-refractivity contribution >= 4 is 40.6 Å². The summed E-state index contributed by atoms with van der Waals surface area (Å²) >= 11 is 7.23. The van der Waals surface area contributed by atoms with Crippen LogP contribution in [0.15, 0.2) is 23.4 Å². The average Bonchev–Trinajstić information content (AvgIpc) is 3.28. The summed E-state index contributed by atoms with van der Waals surface area (Å²) in [5.74, 6) is -0.291. The molecule has 0 spiro atoms. The summed E-state index contributed by atoms with van der Waals surface area (Å²) in [5, 5.41) is 25.1. The Bertz CT molecular complexity index is 794. The van der Waals surface area contributed by atoms with E-state index in [9.17, 15) is 14.9 Å². The molecule has 0 aliphatic heterocycles. The fourth-order valence-corrected chi connectivity index (χ4v) is 3.06. The number of carbonyl (C=O) groups is 1. The Hall–Kier alpha value is -2.20. The molecule has 1 amide bonds. The van der Waals surface area contributed by atoms with Gasteiger partial charge >= 0.3 is 0 Å². The number of nitrogens with zero attached hydrogens (tertiary/aromatic N) is 5. The van der Waals surface area contributed by atoms with Crippen LogP contribution in [0.2, 0.25) is 5.02 Å². The molecule has 1 unspecified atom stereocenters. The molecule has 1 atom stereocenters. The molecule has 1 aromatic carbocycles. The number of tetrazole rings is 1. The first-order chi connectivity index (χ1) is 11.5. The van der Waals surface area contributed by atoms with Crippen molar-refractivity contribution in [1.29, 1.82) is 0 Å². The Morgan fingerprint density at radius 2 is 2.29 bits per heavy atom. The predicted molar refractivity (Wildman–Crippen MR) is 88.1 cm³/mol. The van der Waals surface area contributed by atoms with Crippen molar-refractivity contribution < 1.29 is 9.72 Å². The number of non-ortho nitro benzene ring substituents is 1. The van der Waals surface area contributed by atoms with Crippen LogP contribution in [0, 0.1) is 10.1 Å². The fraction of sp³-hybridized carbons (Fsp3) is 0.385. The highest BCUT2D eigenvalue weighted by Gasteiger charge is 2.29. The van der Waals surface area contributed by atoms with Gasteiger partial charge in [-0.25, -0.2) is 4.68 Å². The molecular formula is C13H13ClN6O3S. The van der Waals surface area contributed by atoms with E-state index in [1.54, 1.807) is 11.6 Å². The number of thioether (sulfide) groups is 1. The van der Waals surface area contributed by atoms with Crippen molar-refractivity contribution in [3.05, 3.63) is 33.3 Å². The molecule has 1 fully saturated rings. The predicted octanol–water partition coefficient (Wildman–Crippen LogP) is 2.69. The summed E-state index contributed by atoms with van der Waals surface area (Å²) in [6.45, 7) is 1.73. The second-order valence-corrected chi connectivity index (χ2v) is 7.02. The monoisotopic (exact) mass is 368 g/mol. The van der Waals surface area contributed by atoms with E-state index in [-0.39, 0.29) is 16.6 Å². The topological polar surface area (TPSA) is 116 Å². The van der Waals surface area contributed by atoms with Crippen LogP contribution in [-0.2, 0) is 4.79 Å². The van der Waals surface area contributed by atoms with E-state index in [1.165, 1.54) is 30.0 Å². The Balaban J connectivity index is 1.65. The molecule has 3 rings (SSSR count). The molecule has 1 saturated carbocycles. The quantitative estimate of drug-likeness (QED) is 0.473. The van der Waals surface area contributed by atoms with Crippen molar-refractivity contribution in [3.8, 4) is 0 Å². The number of halogens is 1. The van der Waals surface area contributed by atoms with Crippen molar-refractivity contribution in [2.45, 2.75) is 36.2 Å². The van der Waals surface area contributed by atoms with Gasteiger partial charge in [0.05, 0.1) is 26.9 Å². The number of nitro groups is 1. The van der Waals surface area contributed by atoms with Crippen molar-refractivity contribution in [2.75, 3.05) is 5.32 Å². The highest BCUT2D eigenvalue weighted by atomic mass is 35.5. The van der Waals surface area contributed by atoms with Crippen LogP contribution in [0.5, 0.6) is 0 Å². The van der Waals surface area contributed by atoms with Crippen molar-refractivity contribution in [2.24, 2.45) is 0 Å². The maximum Gasteiger partial charge on any atom is 0.271 e. The van der Waals surface area contributed by atoms with Gasteiger partial charge in [0.2, 0.25) is 11.1 Å². The molecule has 0 bridgehead atoms. The number of hydrogen-bond acceptors (Lipinski definition) is 7. The zero-order valence-corrected chi connectivity index (χ0v) is 14.1. The number of nitro benzene ring substituents is 1. The fourth-order valence-electron chi connectivity index (χ4n) is 1.98. The van der Waals surface area contributed by atoms with E-state index in [0.29, 0.717) is 16.9 Å². The summed E-state index contributed by atoms with van der Waals surface area (Å²) in [6.07, 6.45) is 2.08. The number of benzene rings is 1. The number of rotatable bonds is 6. The summed E-state index contributed by atoms with van der Waals surface area (Å²) in [6, 6.07) is 4.21. The standard InChI is InChI=1S/C13H13ClN6O3S/c1-7(24-13-16-17-18-19(13)8-2-3-8)12(21)15-11-5-4-9(20(22)23)6-10(11)14/h4-8H,2-3H2,1H3,(H,15,21). The molecule has 2 aromatic rings. The van der Waals surface area contributed by atoms with Gasteiger partial charge in [-0.1, -0.05) is 23.4 Å². The number of amides is 1.